The molecule has 0 atom stereocenters. The lowest BCUT2D eigenvalue weighted by Gasteiger charge is -2.25. The summed E-state index contributed by atoms with van der Waals surface area (Å²) in [5.74, 6) is 1.83. The molecule has 1 aromatic carbocycles. The molecule has 1 fully saturated rings. The van der Waals surface area contributed by atoms with Crippen molar-refractivity contribution in [3.05, 3.63) is 29.8 Å². The zero-order valence-electron chi connectivity index (χ0n) is 13.6. The number of guanidine groups is 1. The van der Waals surface area contributed by atoms with Gasteiger partial charge in [-0.25, -0.2) is 0 Å². The molecule has 1 aliphatic rings. The normalized spacial score (nSPS) is 15.8. The van der Waals surface area contributed by atoms with Crippen LogP contribution in [0.15, 0.2) is 29.3 Å². The molecule has 0 heterocycles. The third-order valence-corrected chi connectivity index (χ3v) is 3.89. The van der Waals surface area contributed by atoms with Crippen molar-refractivity contribution in [2.45, 2.75) is 51.6 Å². The fourth-order valence-electron chi connectivity index (χ4n) is 2.76. The number of ether oxygens (including phenoxy) is 1. The van der Waals surface area contributed by atoms with Crippen LogP contribution in [0.4, 0.5) is 0 Å². The summed E-state index contributed by atoms with van der Waals surface area (Å²) in [6.07, 6.45) is 6.50. The van der Waals surface area contributed by atoms with Crippen LogP contribution in [-0.4, -0.2) is 25.7 Å². The quantitative estimate of drug-likeness (QED) is 0.436. The summed E-state index contributed by atoms with van der Waals surface area (Å²) in [4.78, 5) is 4.33. The molecule has 5 heteroatoms. The van der Waals surface area contributed by atoms with Gasteiger partial charge < -0.3 is 15.4 Å². The Morgan fingerprint density at radius 3 is 2.64 bits per heavy atom. The van der Waals surface area contributed by atoms with E-state index in [0.29, 0.717) is 12.6 Å². The minimum absolute atomic E-state index is 0. The van der Waals surface area contributed by atoms with E-state index < -0.39 is 0 Å². The van der Waals surface area contributed by atoms with E-state index in [1.54, 1.807) is 0 Å². The first kappa shape index (κ1) is 19.1. The third kappa shape index (κ3) is 6.02. The van der Waals surface area contributed by atoms with Crippen LogP contribution < -0.4 is 15.4 Å². The molecule has 0 bridgehead atoms. The topological polar surface area (TPSA) is 45.6 Å². The Morgan fingerprint density at radius 1 is 1.23 bits per heavy atom. The fraction of sp³-hybridized carbons (Fsp3) is 0.588. The maximum atomic E-state index is 5.65. The van der Waals surface area contributed by atoms with E-state index in [-0.39, 0.29) is 24.0 Å². The summed E-state index contributed by atoms with van der Waals surface area (Å²) in [6.45, 7) is 3.42. The van der Waals surface area contributed by atoms with Crippen LogP contribution in [0.2, 0.25) is 0 Å². The molecule has 0 spiro atoms. The van der Waals surface area contributed by atoms with Crippen molar-refractivity contribution in [2.75, 3.05) is 13.7 Å². The Hall–Kier alpha value is -0.980. The Morgan fingerprint density at radius 2 is 1.95 bits per heavy atom. The number of benzene rings is 1. The summed E-state index contributed by atoms with van der Waals surface area (Å²) in [5.41, 5.74) is 1.16. The standard InChI is InChI=1S/C17H27N3O.HI/c1-3-21-16-12-8-7-9-14(16)13-19-17(18-2)20-15-10-5-4-6-11-15;/h7-9,12,15H,3-6,10-11,13H2,1-2H3,(H2,18,19,20);1H. The summed E-state index contributed by atoms with van der Waals surface area (Å²) in [5, 5.41) is 6.92. The molecule has 0 aromatic heterocycles. The van der Waals surface area contributed by atoms with Crippen LogP contribution in [0, 0.1) is 0 Å². The number of hydrogen-bond donors (Lipinski definition) is 2. The molecule has 2 rings (SSSR count). The van der Waals surface area contributed by atoms with Crippen molar-refractivity contribution < 1.29 is 4.74 Å². The van der Waals surface area contributed by atoms with Gasteiger partial charge >= 0.3 is 0 Å². The lowest BCUT2D eigenvalue weighted by molar-refractivity contribution is 0.336. The molecule has 0 saturated heterocycles. The molecular weight excluding hydrogens is 389 g/mol. The van der Waals surface area contributed by atoms with Crippen molar-refractivity contribution in [1.82, 2.24) is 10.6 Å². The highest BCUT2D eigenvalue weighted by Crippen LogP contribution is 2.18. The molecule has 1 aromatic rings. The second-order valence-electron chi connectivity index (χ2n) is 5.45. The van der Waals surface area contributed by atoms with Gasteiger partial charge in [0.25, 0.3) is 0 Å². The Bertz CT molecular complexity index is 459. The van der Waals surface area contributed by atoms with Gasteiger partial charge in [0.05, 0.1) is 6.61 Å². The van der Waals surface area contributed by atoms with Crippen molar-refractivity contribution in [3.8, 4) is 5.75 Å². The third-order valence-electron chi connectivity index (χ3n) is 3.89. The van der Waals surface area contributed by atoms with Crippen molar-refractivity contribution in [2.24, 2.45) is 4.99 Å². The minimum Gasteiger partial charge on any atom is -0.494 e. The van der Waals surface area contributed by atoms with Crippen LogP contribution in [0.5, 0.6) is 5.75 Å². The van der Waals surface area contributed by atoms with Crippen molar-refractivity contribution >= 4 is 29.9 Å². The van der Waals surface area contributed by atoms with Gasteiger partial charge in [-0.3, -0.25) is 4.99 Å². The van der Waals surface area contributed by atoms with Crippen LogP contribution in [0.1, 0.15) is 44.6 Å². The molecule has 0 amide bonds. The zero-order chi connectivity index (χ0) is 14.9. The zero-order valence-corrected chi connectivity index (χ0v) is 15.9. The lowest BCUT2D eigenvalue weighted by Crippen LogP contribution is -2.43. The van der Waals surface area contributed by atoms with Gasteiger partial charge in [-0.05, 0) is 25.8 Å². The van der Waals surface area contributed by atoms with Crippen molar-refractivity contribution in [1.29, 1.82) is 0 Å². The molecule has 0 unspecified atom stereocenters. The highest BCUT2D eigenvalue weighted by molar-refractivity contribution is 14.0. The average Bonchev–Trinajstić information content (AvgIpc) is 2.54. The molecule has 1 aliphatic carbocycles. The number of nitrogens with one attached hydrogen (secondary N) is 2. The molecular formula is C17H28IN3O. The predicted octanol–water partition coefficient (Wildman–Crippen LogP) is 3.70. The molecule has 22 heavy (non-hydrogen) atoms. The maximum Gasteiger partial charge on any atom is 0.191 e. The second-order valence-corrected chi connectivity index (χ2v) is 5.45. The Kier molecular flexibility index (Phi) is 9.27. The maximum absolute atomic E-state index is 5.65. The van der Waals surface area contributed by atoms with Gasteiger partial charge in [0, 0.05) is 25.2 Å². The highest BCUT2D eigenvalue weighted by Gasteiger charge is 2.14. The Labute approximate surface area is 151 Å². The number of hydrogen-bond acceptors (Lipinski definition) is 2. The highest BCUT2D eigenvalue weighted by atomic mass is 127. The summed E-state index contributed by atoms with van der Waals surface area (Å²) >= 11 is 0. The number of halogens is 1. The van der Waals surface area contributed by atoms with E-state index in [0.717, 1.165) is 23.8 Å². The Balaban J connectivity index is 0.00000242. The monoisotopic (exact) mass is 417 g/mol. The largest absolute Gasteiger partial charge is 0.494 e. The average molecular weight is 417 g/mol. The van der Waals surface area contributed by atoms with Crippen LogP contribution >= 0.6 is 24.0 Å². The number of nitrogens with zero attached hydrogens (tertiary/aromatic N) is 1. The van der Waals surface area contributed by atoms with Gasteiger partial charge in [0.15, 0.2) is 5.96 Å². The second kappa shape index (κ2) is 10.7. The fourth-order valence-corrected chi connectivity index (χ4v) is 2.76. The van der Waals surface area contributed by atoms with Crippen molar-refractivity contribution in [3.63, 3.8) is 0 Å². The first-order valence-corrected chi connectivity index (χ1v) is 8.01. The molecule has 4 nitrogen and oxygen atoms in total. The van der Waals surface area contributed by atoms with E-state index in [4.69, 9.17) is 4.74 Å². The number of para-hydroxylation sites is 1. The van der Waals surface area contributed by atoms with Gasteiger partial charge in [0.1, 0.15) is 5.75 Å². The predicted molar refractivity (Wildman–Crippen MR) is 103 cm³/mol. The minimum atomic E-state index is 0. The summed E-state index contributed by atoms with van der Waals surface area (Å²) in [6, 6.07) is 8.71. The SMILES string of the molecule is CCOc1ccccc1CNC(=NC)NC1CCCCC1.I. The van der Waals surface area contributed by atoms with Gasteiger partial charge in [-0.2, -0.15) is 0 Å². The van der Waals surface area contributed by atoms with Gasteiger partial charge in [0.2, 0.25) is 0 Å². The van der Waals surface area contributed by atoms with Crippen LogP contribution in [0.25, 0.3) is 0 Å². The van der Waals surface area contributed by atoms with Gasteiger partial charge in [-0.15, -0.1) is 24.0 Å². The summed E-state index contributed by atoms with van der Waals surface area (Å²) < 4.78 is 5.65. The molecule has 1 saturated carbocycles. The van der Waals surface area contributed by atoms with E-state index in [1.165, 1.54) is 32.1 Å². The number of rotatable bonds is 5. The van der Waals surface area contributed by atoms with E-state index >= 15 is 0 Å². The molecule has 0 radical (unpaired) electrons. The molecule has 124 valence electrons. The molecule has 2 N–H and O–H groups in total. The van der Waals surface area contributed by atoms with Gasteiger partial charge in [-0.1, -0.05) is 37.5 Å². The first-order valence-electron chi connectivity index (χ1n) is 8.01. The van der Waals surface area contributed by atoms with E-state index in [2.05, 4.69) is 21.7 Å². The molecule has 0 aliphatic heterocycles. The smallest absolute Gasteiger partial charge is 0.191 e. The van der Waals surface area contributed by atoms with Crippen LogP contribution in [-0.2, 0) is 6.54 Å². The first-order chi connectivity index (χ1) is 10.3. The lowest BCUT2D eigenvalue weighted by atomic mass is 9.96. The van der Waals surface area contributed by atoms with Crippen LogP contribution in [0.3, 0.4) is 0 Å². The summed E-state index contributed by atoms with van der Waals surface area (Å²) in [7, 11) is 1.83. The van der Waals surface area contributed by atoms with E-state index in [1.807, 2.05) is 32.2 Å². The van der Waals surface area contributed by atoms with E-state index in [9.17, 15) is 0 Å². The number of aliphatic imine (C=N–C) groups is 1.